The maximum Gasteiger partial charge on any atom is 0.435 e. The van der Waals surface area contributed by atoms with E-state index in [1.54, 1.807) is 0 Å². The monoisotopic (exact) mass is 355 g/mol. The second-order valence-corrected chi connectivity index (χ2v) is 6.36. The molecule has 2 heterocycles. The molecule has 0 unspecified atom stereocenters. The molecule has 3 rings (SSSR count). The molecule has 0 bridgehead atoms. The first-order chi connectivity index (χ1) is 11.8. The van der Waals surface area contributed by atoms with Gasteiger partial charge in [0, 0.05) is 36.6 Å². The molecule has 1 fully saturated rings. The highest BCUT2D eigenvalue weighted by molar-refractivity contribution is 5.75. The maximum atomic E-state index is 12.6. The van der Waals surface area contributed by atoms with Crippen molar-refractivity contribution in [2.45, 2.75) is 51.9 Å². The summed E-state index contributed by atoms with van der Waals surface area (Å²) in [6.07, 6.45) is -0.405. The third kappa shape index (κ3) is 4.02. The standard InChI is InChI=1S/C16H20F3N5O/c1-10-7-13(16(17,18)19)22-24(10)9-14(25)20-5-6-23-11(2)8-21-15(23)12-3-4-12/h7-8,12H,3-6,9H2,1-2H3,(H,20,25). The molecule has 1 N–H and O–H groups in total. The molecule has 1 aliphatic carbocycles. The third-order valence-corrected chi connectivity index (χ3v) is 4.25. The van der Waals surface area contributed by atoms with Gasteiger partial charge in [0.2, 0.25) is 5.91 Å². The molecule has 2 aromatic heterocycles. The molecule has 0 spiro atoms. The Kier molecular flexibility index (Phi) is 4.57. The van der Waals surface area contributed by atoms with Crippen LogP contribution in [-0.4, -0.2) is 31.8 Å². The molecule has 25 heavy (non-hydrogen) atoms. The average molecular weight is 355 g/mol. The van der Waals surface area contributed by atoms with E-state index in [-0.39, 0.29) is 12.5 Å². The lowest BCUT2D eigenvalue weighted by Crippen LogP contribution is -2.31. The summed E-state index contributed by atoms with van der Waals surface area (Å²) in [5.41, 5.74) is 0.346. The van der Waals surface area contributed by atoms with Gasteiger partial charge in [-0.05, 0) is 32.8 Å². The molecule has 2 aromatic rings. The zero-order valence-electron chi connectivity index (χ0n) is 14.1. The van der Waals surface area contributed by atoms with Crippen LogP contribution in [0.3, 0.4) is 0 Å². The van der Waals surface area contributed by atoms with Crippen LogP contribution in [0.25, 0.3) is 0 Å². The van der Waals surface area contributed by atoms with Gasteiger partial charge in [0.25, 0.3) is 0 Å². The van der Waals surface area contributed by atoms with Crippen molar-refractivity contribution in [3.05, 3.63) is 35.2 Å². The van der Waals surface area contributed by atoms with E-state index in [1.165, 1.54) is 6.92 Å². The van der Waals surface area contributed by atoms with E-state index in [2.05, 4.69) is 20.0 Å². The normalized spacial score (nSPS) is 14.8. The fraction of sp³-hybridized carbons (Fsp3) is 0.562. The first-order valence-electron chi connectivity index (χ1n) is 8.16. The number of imidazole rings is 1. The van der Waals surface area contributed by atoms with Crippen LogP contribution < -0.4 is 5.32 Å². The Balaban J connectivity index is 1.54. The minimum atomic E-state index is -4.51. The summed E-state index contributed by atoms with van der Waals surface area (Å²) in [7, 11) is 0. The number of amides is 1. The minimum absolute atomic E-state index is 0.236. The number of hydrogen-bond acceptors (Lipinski definition) is 3. The van der Waals surface area contributed by atoms with Crippen LogP contribution in [0.1, 0.15) is 41.7 Å². The van der Waals surface area contributed by atoms with Crippen LogP contribution in [0.2, 0.25) is 0 Å². The van der Waals surface area contributed by atoms with E-state index in [0.717, 1.165) is 35.1 Å². The molecule has 0 aliphatic heterocycles. The van der Waals surface area contributed by atoms with E-state index in [4.69, 9.17) is 0 Å². The van der Waals surface area contributed by atoms with Gasteiger partial charge < -0.3 is 9.88 Å². The number of alkyl halides is 3. The smallest absolute Gasteiger partial charge is 0.353 e. The number of carbonyl (C=O) groups excluding carboxylic acids is 1. The zero-order valence-corrected chi connectivity index (χ0v) is 14.1. The van der Waals surface area contributed by atoms with Crippen LogP contribution in [0.4, 0.5) is 13.2 Å². The van der Waals surface area contributed by atoms with Crippen molar-refractivity contribution < 1.29 is 18.0 Å². The molecule has 1 saturated carbocycles. The molecule has 0 atom stereocenters. The Bertz CT molecular complexity index is 773. The van der Waals surface area contributed by atoms with Crippen molar-refractivity contribution in [3.63, 3.8) is 0 Å². The Labute approximate surface area is 143 Å². The number of carbonyl (C=O) groups is 1. The lowest BCUT2D eigenvalue weighted by Gasteiger charge is -2.11. The molecule has 136 valence electrons. The summed E-state index contributed by atoms with van der Waals surface area (Å²) in [4.78, 5) is 16.4. The number of aromatic nitrogens is 4. The summed E-state index contributed by atoms with van der Waals surface area (Å²) in [5.74, 6) is 1.19. The average Bonchev–Trinajstić information content (AvgIpc) is 3.20. The molecule has 1 aliphatic rings. The van der Waals surface area contributed by atoms with Gasteiger partial charge in [0.1, 0.15) is 12.4 Å². The van der Waals surface area contributed by atoms with E-state index in [9.17, 15) is 18.0 Å². The lowest BCUT2D eigenvalue weighted by atomic mass is 10.3. The summed E-state index contributed by atoms with van der Waals surface area (Å²) in [6.45, 7) is 4.20. The van der Waals surface area contributed by atoms with Crippen molar-refractivity contribution in [1.29, 1.82) is 0 Å². The van der Waals surface area contributed by atoms with E-state index >= 15 is 0 Å². The van der Waals surface area contributed by atoms with Crippen LogP contribution in [0.5, 0.6) is 0 Å². The summed E-state index contributed by atoms with van der Waals surface area (Å²) >= 11 is 0. The predicted octanol–water partition coefficient (Wildman–Crippen LogP) is 2.41. The highest BCUT2D eigenvalue weighted by Gasteiger charge is 2.34. The van der Waals surface area contributed by atoms with Gasteiger partial charge in [0.15, 0.2) is 5.69 Å². The fourth-order valence-electron chi connectivity index (χ4n) is 2.75. The second-order valence-electron chi connectivity index (χ2n) is 6.36. The van der Waals surface area contributed by atoms with Crippen LogP contribution in [-0.2, 0) is 24.1 Å². The topological polar surface area (TPSA) is 64.7 Å². The Morgan fingerprint density at radius 3 is 2.64 bits per heavy atom. The van der Waals surface area contributed by atoms with Crippen molar-refractivity contribution in [3.8, 4) is 0 Å². The highest BCUT2D eigenvalue weighted by atomic mass is 19.4. The van der Waals surface area contributed by atoms with Gasteiger partial charge in [-0.1, -0.05) is 0 Å². The molecular formula is C16H20F3N5O. The van der Waals surface area contributed by atoms with E-state index in [0.29, 0.717) is 24.7 Å². The predicted molar refractivity (Wildman–Crippen MR) is 83.9 cm³/mol. The van der Waals surface area contributed by atoms with Crippen molar-refractivity contribution in [2.24, 2.45) is 0 Å². The van der Waals surface area contributed by atoms with Crippen LogP contribution in [0, 0.1) is 13.8 Å². The summed E-state index contributed by atoms with van der Waals surface area (Å²) < 4.78 is 41.1. The molecule has 0 aromatic carbocycles. The summed E-state index contributed by atoms with van der Waals surface area (Å²) in [5, 5.41) is 6.18. The zero-order chi connectivity index (χ0) is 18.2. The number of rotatable bonds is 6. The highest BCUT2D eigenvalue weighted by Crippen LogP contribution is 2.39. The number of nitrogens with one attached hydrogen (secondary N) is 1. The Hall–Kier alpha value is -2.32. The minimum Gasteiger partial charge on any atom is -0.353 e. The number of nitrogens with zero attached hydrogens (tertiary/aromatic N) is 4. The number of halogens is 3. The van der Waals surface area contributed by atoms with E-state index in [1.807, 2.05) is 13.1 Å². The first-order valence-corrected chi connectivity index (χ1v) is 8.16. The maximum absolute atomic E-state index is 12.6. The second kappa shape index (κ2) is 6.53. The molecule has 0 radical (unpaired) electrons. The van der Waals surface area contributed by atoms with Gasteiger partial charge in [-0.3, -0.25) is 9.48 Å². The first kappa shape index (κ1) is 17.5. The molecule has 1 amide bonds. The SMILES string of the molecule is Cc1cc(C(F)(F)F)nn1CC(=O)NCCn1c(C)cnc1C1CC1. The van der Waals surface area contributed by atoms with Gasteiger partial charge >= 0.3 is 6.18 Å². The number of aryl methyl sites for hydroxylation is 2. The van der Waals surface area contributed by atoms with Crippen LogP contribution >= 0.6 is 0 Å². The third-order valence-electron chi connectivity index (χ3n) is 4.25. The Morgan fingerprint density at radius 2 is 2.04 bits per heavy atom. The number of hydrogen-bond donors (Lipinski definition) is 1. The van der Waals surface area contributed by atoms with Gasteiger partial charge in [-0.25, -0.2) is 4.98 Å². The molecule has 0 saturated heterocycles. The lowest BCUT2D eigenvalue weighted by molar-refractivity contribution is -0.141. The van der Waals surface area contributed by atoms with Crippen molar-refractivity contribution >= 4 is 5.91 Å². The fourth-order valence-corrected chi connectivity index (χ4v) is 2.75. The van der Waals surface area contributed by atoms with Gasteiger partial charge in [-0.2, -0.15) is 18.3 Å². The molecule has 6 nitrogen and oxygen atoms in total. The quantitative estimate of drug-likeness (QED) is 0.865. The van der Waals surface area contributed by atoms with Gasteiger partial charge in [0.05, 0.1) is 0 Å². The van der Waals surface area contributed by atoms with Crippen molar-refractivity contribution in [2.75, 3.05) is 6.54 Å². The largest absolute Gasteiger partial charge is 0.435 e. The van der Waals surface area contributed by atoms with Gasteiger partial charge in [-0.15, -0.1) is 0 Å². The Morgan fingerprint density at radius 1 is 1.32 bits per heavy atom. The summed E-state index contributed by atoms with van der Waals surface area (Å²) in [6, 6.07) is 0.935. The van der Waals surface area contributed by atoms with Crippen molar-refractivity contribution in [1.82, 2.24) is 24.6 Å². The molecular weight excluding hydrogens is 335 g/mol. The van der Waals surface area contributed by atoms with E-state index < -0.39 is 11.9 Å². The molecule has 9 heteroatoms. The van der Waals surface area contributed by atoms with Crippen LogP contribution in [0.15, 0.2) is 12.3 Å².